The average molecular weight is 866 g/mol. The van der Waals surface area contributed by atoms with Crippen molar-refractivity contribution in [2.45, 2.75) is 76.7 Å². The third-order valence-electron chi connectivity index (χ3n) is 12.8. The van der Waals surface area contributed by atoms with Gasteiger partial charge in [0.05, 0.1) is 28.4 Å². The number of hydrogen-bond acceptors (Lipinski definition) is 9. The third-order valence-corrected chi connectivity index (χ3v) is 14.4. The molecule has 3 aliphatic rings. The fourth-order valence-corrected chi connectivity index (χ4v) is 10.3. The number of para-hydroxylation sites is 1. The number of H-pyrrole nitrogens is 1. The minimum Gasteiger partial charge on any atom is -0.454 e. The lowest BCUT2D eigenvalue weighted by molar-refractivity contribution is 0.0585. The summed E-state index contributed by atoms with van der Waals surface area (Å²) in [5, 5.41) is 4.26. The van der Waals surface area contributed by atoms with Crippen LogP contribution >= 0.6 is 11.6 Å². The molecule has 0 bridgehead atoms. The van der Waals surface area contributed by atoms with Crippen LogP contribution in [-0.2, 0) is 14.8 Å². The van der Waals surface area contributed by atoms with Gasteiger partial charge in [0.15, 0.2) is 5.75 Å². The Hall–Kier alpha value is -4.88. The number of aromatic nitrogens is 2. The lowest BCUT2D eigenvalue weighted by Crippen LogP contribution is -2.47. The van der Waals surface area contributed by atoms with E-state index < -0.39 is 15.9 Å². The highest BCUT2D eigenvalue weighted by atomic mass is 35.5. The van der Waals surface area contributed by atoms with Crippen LogP contribution < -0.4 is 19.7 Å². The summed E-state index contributed by atoms with van der Waals surface area (Å²) in [6, 6.07) is 24.0. The number of nitrogens with zero attached hydrogens (tertiary/aromatic N) is 3. The number of aryl methyl sites for hydroxylation is 1. The standard InChI is InChI=1S/C48H57ClN6O5S/c1-32-26-39(17-19-42(32)50-29-33-8-15-38(59-4)16-9-33)61(57,58)53-47(56)40-18-14-37(27-45(40)60-44-7-5-6-43-46(44)52-31-51-43)55-24-22-54(23-25-55)30-35-20-21-48(2,3)28-41(35)34-10-12-36(49)13-11-34/h5-7,10-14,17-19,26-27,31,33,38,50H,8-9,15-16,20-25,28-30H2,1-4H3,(H,51,52)(H,53,56). The Kier molecular flexibility index (Phi) is 12.8. The number of anilines is 2. The first-order chi connectivity index (χ1) is 29.3. The molecule has 2 fully saturated rings. The predicted octanol–water partition coefficient (Wildman–Crippen LogP) is 9.84. The van der Waals surface area contributed by atoms with Crippen molar-refractivity contribution in [2.75, 3.05) is 56.6 Å². The number of amides is 1. The zero-order valence-electron chi connectivity index (χ0n) is 35.6. The third kappa shape index (κ3) is 10.1. The zero-order chi connectivity index (χ0) is 42.7. The summed E-state index contributed by atoms with van der Waals surface area (Å²) in [5.74, 6) is 0.435. The lowest BCUT2D eigenvalue weighted by atomic mass is 9.72. The van der Waals surface area contributed by atoms with Gasteiger partial charge in [-0.2, -0.15) is 0 Å². The molecule has 0 atom stereocenters. The van der Waals surface area contributed by atoms with Crippen molar-refractivity contribution in [3.05, 3.63) is 112 Å². The number of nitrogens with one attached hydrogen (secondary N) is 3. The molecule has 1 aromatic heterocycles. The number of ether oxygens (including phenoxy) is 2. The number of methoxy groups -OCH3 is 1. The van der Waals surface area contributed by atoms with Gasteiger partial charge in [0.25, 0.3) is 15.9 Å². The molecule has 13 heteroatoms. The number of benzene rings is 4. The Morgan fingerprint density at radius 1 is 0.951 bits per heavy atom. The fraction of sp³-hybridized carbons (Fsp3) is 0.417. The molecule has 0 unspecified atom stereocenters. The Labute approximate surface area is 364 Å². The summed E-state index contributed by atoms with van der Waals surface area (Å²) in [6.45, 7) is 11.6. The van der Waals surface area contributed by atoms with E-state index in [1.54, 1.807) is 37.7 Å². The predicted molar refractivity (Wildman–Crippen MR) is 244 cm³/mol. The molecular weight excluding hydrogens is 808 g/mol. The first kappa shape index (κ1) is 42.8. The summed E-state index contributed by atoms with van der Waals surface area (Å²) in [4.78, 5) is 26.4. The largest absolute Gasteiger partial charge is 0.454 e. The van der Waals surface area contributed by atoms with Gasteiger partial charge >= 0.3 is 0 Å². The van der Waals surface area contributed by atoms with Crippen molar-refractivity contribution in [1.29, 1.82) is 0 Å². The number of imidazole rings is 1. The van der Waals surface area contributed by atoms with Crippen LogP contribution in [0.3, 0.4) is 0 Å². The molecule has 0 spiro atoms. The highest BCUT2D eigenvalue weighted by Crippen LogP contribution is 2.43. The molecule has 61 heavy (non-hydrogen) atoms. The summed E-state index contributed by atoms with van der Waals surface area (Å²) >= 11 is 6.26. The molecule has 8 rings (SSSR count). The molecular formula is C48H57ClN6O5S. The smallest absolute Gasteiger partial charge is 0.268 e. The highest BCUT2D eigenvalue weighted by molar-refractivity contribution is 7.90. The second-order valence-corrected chi connectivity index (χ2v) is 19.8. The lowest BCUT2D eigenvalue weighted by Gasteiger charge is -2.39. The number of hydrogen-bond donors (Lipinski definition) is 3. The topological polar surface area (TPSA) is 129 Å². The Morgan fingerprint density at radius 2 is 1.72 bits per heavy atom. The van der Waals surface area contributed by atoms with Gasteiger partial charge in [0.2, 0.25) is 0 Å². The molecule has 322 valence electrons. The second-order valence-electron chi connectivity index (χ2n) is 17.7. The Morgan fingerprint density at radius 3 is 2.46 bits per heavy atom. The number of carbonyl (C=O) groups excluding carboxylic acids is 1. The van der Waals surface area contributed by atoms with E-state index in [0.29, 0.717) is 23.3 Å². The number of fused-ring (bicyclic) bond motifs is 1. The van der Waals surface area contributed by atoms with Crippen LogP contribution in [0, 0.1) is 18.3 Å². The monoisotopic (exact) mass is 864 g/mol. The molecule has 3 N–H and O–H groups in total. The van der Waals surface area contributed by atoms with Gasteiger partial charge in [0.1, 0.15) is 11.3 Å². The van der Waals surface area contributed by atoms with Crippen molar-refractivity contribution in [1.82, 2.24) is 19.6 Å². The number of carbonyl (C=O) groups is 1. The van der Waals surface area contributed by atoms with Gasteiger partial charge in [-0.1, -0.05) is 49.2 Å². The van der Waals surface area contributed by atoms with Crippen LogP contribution in [-0.4, -0.2) is 81.7 Å². The van der Waals surface area contributed by atoms with E-state index in [9.17, 15) is 13.2 Å². The first-order valence-electron chi connectivity index (χ1n) is 21.5. The maximum absolute atomic E-state index is 14.0. The minimum absolute atomic E-state index is 0.00995. The first-order valence-corrected chi connectivity index (χ1v) is 23.3. The number of aromatic amines is 1. The van der Waals surface area contributed by atoms with Gasteiger partial charge in [-0.25, -0.2) is 18.1 Å². The summed E-state index contributed by atoms with van der Waals surface area (Å²) in [5.41, 5.74) is 8.46. The average Bonchev–Trinajstić information content (AvgIpc) is 3.75. The molecule has 1 amide bonds. The maximum atomic E-state index is 14.0. The van der Waals surface area contributed by atoms with E-state index in [2.05, 4.69) is 55.8 Å². The molecule has 2 aliphatic carbocycles. The van der Waals surface area contributed by atoms with Gasteiger partial charge in [-0.15, -0.1) is 0 Å². The van der Waals surface area contributed by atoms with E-state index >= 15 is 0 Å². The Balaban J connectivity index is 0.978. The molecule has 4 aromatic carbocycles. The van der Waals surface area contributed by atoms with E-state index in [4.69, 9.17) is 21.1 Å². The van der Waals surface area contributed by atoms with E-state index in [1.165, 1.54) is 22.8 Å². The quantitative estimate of drug-likeness (QED) is 0.106. The van der Waals surface area contributed by atoms with Crippen molar-refractivity contribution in [3.8, 4) is 11.5 Å². The van der Waals surface area contributed by atoms with Crippen LogP contribution in [0.15, 0.2) is 95.7 Å². The van der Waals surface area contributed by atoms with E-state index in [1.807, 2.05) is 43.3 Å². The molecule has 2 heterocycles. The van der Waals surface area contributed by atoms with Gasteiger partial charge in [-0.05, 0) is 134 Å². The van der Waals surface area contributed by atoms with Crippen molar-refractivity contribution in [3.63, 3.8) is 0 Å². The number of halogens is 1. The van der Waals surface area contributed by atoms with Gasteiger partial charge < -0.3 is 24.7 Å². The Bertz CT molecular complexity index is 2500. The number of piperazine rings is 1. The SMILES string of the molecule is COC1CCC(CNc2ccc(S(=O)(=O)NC(=O)c3ccc(N4CCN(CC5=C(c6ccc(Cl)cc6)CC(C)(C)CC5)CC4)cc3Oc3cccc4[nH]cnc34)cc2C)CC1. The summed E-state index contributed by atoms with van der Waals surface area (Å²) in [6.07, 6.45) is 9.49. The van der Waals surface area contributed by atoms with Gasteiger partial charge in [-0.3, -0.25) is 9.69 Å². The van der Waals surface area contributed by atoms with Crippen molar-refractivity contribution < 1.29 is 22.7 Å². The van der Waals surface area contributed by atoms with E-state index in [-0.39, 0.29) is 21.6 Å². The van der Waals surface area contributed by atoms with E-state index in [0.717, 1.165) is 112 Å². The summed E-state index contributed by atoms with van der Waals surface area (Å²) < 4.78 is 41.8. The normalized spacial score (nSPS) is 19.9. The number of allylic oxidation sites excluding steroid dienone is 1. The number of rotatable bonds is 13. The fourth-order valence-electron chi connectivity index (χ4n) is 9.08. The van der Waals surface area contributed by atoms with Crippen LogP contribution in [0.4, 0.5) is 11.4 Å². The highest BCUT2D eigenvalue weighted by Gasteiger charge is 2.30. The second kappa shape index (κ2) is 18.2. The van der Waals surface area contributed by atoms with Crippen molar-refractivity contribution in [2.24, 2.45) is 11.3 Å². The molecule has 11 nitrogen and oxygen atoms in total. The maximum Gasteiger partial charge on any atom is 0.268 e. The molecule has 1 saturated carbocycles. The molecule has 0 radical (unpaired) electrons. The van der Waals surface area contributed by atoms with Crippen LogP contribution in [0.25, 0.3) is 16.6 Å². The molecule has 1 aliphatic heterocycles. The number of sulfonamides is 1. The van der Waals surface area contributed by atoms with Crippen LogP contribution in [0.5, 0.6) is 11.5 Å². The molecule has 1 saturated heterocycles. The zero-order valence-corrected chi connectivity index (χ0v) is 37.2. The summed E-state index contributed by atoms with van der Waals surface area (Å²) in [7, 11) is -2.45. The minimum atomic E-state index is -4.23. The van der Waals surface area contributed by atoms with Crippen LogP contribution in [0.2, 0.25) is 5.02 Å². The van der Waals surface area contributed by atoms with Gasteiger partial charge in [0, 0.05) is 68.8 Å². The van der Waals surface area contributed by atoms with Crippen LogP contribution in [0.1, 0.15) is 80.3 Å². The van der Waals surface area contributed by atoms with Crippen molar-refractivity contribution >= 4 is 55.5 Å². The molecule has 5 aromatic rings.